The Hall–Kier alpha value is -6.16. The van der Waals surface area contributed by atoms with Gasteiger partial charge in [-0.3, -0.25) is 39.1 Å². The van der Waals surface area contributed by atoms with E-state index in [2.05, 4.69) is 30.6 Å². The first kappa shape index (κ1) is 40.3. The second-order valence-electron chi connectivity index (χ2n) is 16.6. The van der Waals surface area contributed by atoms with Crippen LogP contribution in [0.5, 0.6) is 5.75 Å². The molecule has 2 saturated carbocycles. The first-order chi connectivity index (χ1) is 29.2. The number of piperazine rings is 1. The molecule has 4 aliphatic heterocycles. The number of hydrogen-bond donors (Lipinski definition) is 2. The van der Waals surface area contributed by atoms with E-state index in [9.17, 15) is 37.1 Å². The molecule has 9 rings (SSSR count). The molecule has 5 fully saturated rings. The molecule has 0 spiro atoms. The van der Waals surface area contributed by atoms with Gasteiger partial charge in [0.25, 0.3) is 17.7 Å². The van der Waals surface area contributed by atoms with Gasteiger partial charge in [-0.25, -0.2) is 4.39 Å². The van der Waals surface area contributed by atoms with Gasteiger partial charge in [0, 0.05) is 58.3 Å². The molecule has 61 heavy (non-hydrogen) atoms. The lowest BCUT2D eigenvalue weighted by Gasteiger charge is -2.35. The number of benzene rings is 2. The van der Waals surface area contributed by atoms with E-state index < -0.39 is 52.8 Å². The van der Waals surface area contributed by atoms with E-state index in [0.717, 1.165) is 55.8 Å². The quantitative estimate of drug-likeness (QED) is 0.237. The summed E-state index contributed by atoms with van der Waals surface area (Å²) in [5, 5.41) is 22.7. The van der Waals surface area contributed by atoms with Gasteiger partial charge in [-0.1, -0.05) is 0 Å². The third-order valence-corrected chi connectivity index (χ3v) is 13.0. The number of halogens is 4. The molecule has 1 aromatic heterocycles. The van der Waals surface area contributed by atoms with Crippen LogP contribution < -0.4 is 25.2 Å². The van der Waals surface area contributed by atoms with Crippen molar-refractivity contribution in [3.8, 4) is 11.8 Å². The highest BCUT2D eigenvalue weighted by Gasteiger charge is 2.56. The summed E-state index contributed by atoms with van der Waals surface area (Å²) in [6.07, 6.45) is -2.76. The third-order valence-electron chi connectivity index (χ3n) is 13.0. The van der Waals surface area contributed by atoms with E-state index in [0.29, 0.717) is 62.3 Å². The lowest BCUT2D eigenvalue weighted by molar-refractivity contribution is -0.138. The lowest BCUT2D eigenvalue weighted by atomic mass is 9.92. The number of nitriles is 1. The third kappa shape index (κ3) is 7.84. The number of alkyl halides is 3. The van der Waals surface area contributed by atoms with Crippen molar-refractivity contribution in [3.63, 3.8) is 0 Å². The fourth-order valence-electron chi connectivity index (χ4n) is 9.62. The Balaban J connectivity index is 0.708. The number of amides is 5. The number of nitrogens with one attached hydrogen (secondary N) is 2. The van der Waals surface area contributed by atoms with Crippen molar-refractivity contribution in [2.24, 2.45) is 17.8 Å². The van der Waals surface area contributed by atoms with Crippen molar-refractivity contribution < 1.29 is 46.3 Å². The maximum atomic E-state index is 15.4. The predicted molar refractivity (Wildman–Crippen MR) is 207 cm³/mol. The topological polar surface area (TPSA) is 181 Å². The van der Waals surface area contributed by atoms with E-state index in [-0.39, 0.29) is 59.2 Å². The van der Waals surface area contributed by atoms with Gasteiger partial charge in [-0.05, 0) is 92.3 Å². The smallest absolute Gasteiger partial charge is 0.417 e. The largest absolute Gasteiger partial charge is 0.490 e. The minimum Gasteiger partial charge on any atom is -0.490 e. The van der Waals surface area contributed by atoms with Crippen LogP contribution in [0.2, 0.25) is 0 Å². The van der Waals surface area contributed by atoms with Crippen molar-refractivity contribution in [2.45, 2.75) is 62.9 Å². The molecule has 4 atom stereocenters. The molecule has 318 valence electrons. The first-order valence-electron chi connectivity index (χ1n) is 20.5. The first-order valence-corrected chi connectivity index (χ1v) is 20.5. The fourth-order valence-corrected chi connectivity index (χ4v) is 9.62. The lowest BCUT2D eigenvalue weighted by Crippen LogP contribution is -2.54. The van der Waals surface area contributed by atoms with Crippen LogP contribution in [-0.4, -0.2) is 114 Å². The van der Waals surface area contributed by atoms with Crippen molar-refractivity contribution in [2.75, 3.05) is 55.6 Å². The molecule has 0 bridgehead atoms. The number of carbonyl (C=O) groups excluding carboxylic acids is 5. The van der Waals surface area contributed by atoms with Crippen molar-refractivity contribution in [3.05, 3.63) is 76.2 Å². The second kappa shape index (κ2) is 15.7. The average molecular weight is 844 g/mol. The van der Waals surface area contributed by atoms with E-state index in [1.807, 2.05) is 4.90 Å². The maximum absolute atomic E-state index is 15.4. The standard InChI is InChI=1S/C42H41F4N9O6/c43-32-16-26-27(41(60)55(40(26)59)34-8-10-37(56)49-39(34)58)17-35(32)54-20-29-28(30(29)21-54)19-52-11-13-53(14-12-52)36-9-7-33(50-51-36)38(57)48-23-2-5-24(6-3-23)61-25-4-1-22(18-47)31(15-25)42(44,45)46/h1,4,7,9,15-17,23-24,28-30,34H,2-3,5-6,8,10-14,19-21H2,(H,48,57)(H,49,56,58)/t23-,24-,28-,29-,30+,34?. The minimum atomic E-state index is -4.67. The van der Waals surface area contributed by atoms with Gasteiger partial charge in [0.05, 0.1) is 40.1 Å². The summed E-state index contributed by atoms with van der Waals surface area (Å²) in [5.41, 5.74) is -1.07. The van der Waals surface area contributed by atoms with Crippen LogP contribution in [0.25, 0.3) is 0 Å². The molecule has 5 amide bonds. The molecule has 1 unspecified atom stereocenters. The van der Waals surface area contributed by atoms with Crippen molar-refractivity contribution in [1.82, 2.24) is 30.6 Å². The number of hydrogen-bond acceptors (Lipinski definition) is 12. The zero-order valence-electron chi connectivity index (χ0n) is 32.8. The van der Waals surface area contributed by atoms with Gasteiger partial charge in [0.15, 0.2) is 11.5 Å². The summed E-state index contributed by atoms with van der Waals surface area (Å²) in [7, 11) is 0. The number of piperidine rings is 2. The maximum Gasteiger partial charge on any atom is 0.417 e. The van der Waals surface area contributed by atoms with Gasteiger partial charge in [-0.15, -0.1) is 10.2 Å². The molecular formula is C42H41F4N9O6. The van der Waals surface area contributed by atoms with Crippen LogP contribution in [0.1, 0.15) is 80.9 Å². The number of ether oxygens (including phenoxy) is 1. The molecule has 0 radical (unpaired) electrons. The van der Waals surface area contributed by atoms with E-state index in [4.69, 9.17) is 10.00 Å². The predicted octanol–water partition coefficient (Wildman–Crippen LogP) is 3.53. The summed E-state index contributed by atoms with van der Waals surface area (Å²) in [5.74, 6) is -1.61. The van der Waals surface area contributed by atoms with Crippen molar-refractivity contribution in [1.29, 1.82) is 5.26 Å². The summed E-state index contributed by atoms with van der Waals surface area (Å²) in [4.78, 5) is 70.7. The summed E-state index contributed by atoms with van der Waals surface area (Å²) >= 11 is 0. The van der Waals surface area contributed by atoms with E-state index in [1.54, 1.807) is 18.2 Å². The summed E-state index contributed by atoms with van der Waals surface area (Å²) in [6.45, 7) is 5.23. The molecule has 3 saturated heterocycles. The van der Waals surface area contributed by atoms with Crippen LogP contribution in [0.4, 0.5) is 29.1 Å². The van der Waals surface area contributed by atoms with Gasteiger partial charge >= 0.3 is 6.18 Å². The highest BCUT2D eigenvalue weighted by atomic mass is 19.4. The Labute approximate surface area is 347 Å². The Morgan fingerprint density at radius 3 is 2.23 bits per heavy atom. The number of fused-ring (bicyclic) bond motifs is 2. The van der Waals surface area contributed by atoms with Gasteiger partial charge in [-0.2, -0.15) is 18.4 Å². The zero-order valence-corrected chi connectivity index (χ0v) is 32.8. The highest BCUT2D eigenvalue weighted by molar-refractivity contribution is 6.23. The van der Waals surface area contributed by atoms with Crippen LogP contribution in [0, 0.1) is 34.9 Å². The van der Waals surface area contributed by atoms with Crippen LogP contribution in [0.15, 0.2) is 42.5 Å². The Bertz CT molecular complexity index is 2330. The van der Waals surface area contributed by atoms with Crippen LogP contribution in [-0.2, 0) is 15.8 Å². The molecule has 3 aromatic rings. The Morgan fingerprint density at radius 1 is 0.885 bits per heavy atom. The molecule has 2 N–H and O–H groups in total. The Kier molecular flexibility index (Phi) is 10.4. The SMILES string of the molecule is N#Cc1ccc(O[C@H]2CC[C@H](NC(=O)c3ccc(N4CCN(C[C@@H]5[C@H]6CN(c7cc8c(cc7F)C(=O)N(C7CCC(=O)NC7=O)C8=O)C[C@@H]56)CC4)nn3)CC2)cc1C(F)(F)F. The molecule has 15 nitrogen and oxygen atoms in total. The van der Waals surface area contributed by atoms with Gasteiger partial charge in [0.1, 0.15) is 17.6 Å². The molecular weight excluding hydrogens is 803 g/mol. The van der Waals surface area contributed by atoms with Crippen LogP contribution >= 0.6 is 0 Å². The van der Waals surface area contributed by atoms with E-state index in [1.165, 1.54) is 12.1 Å². The molecule has 19 heteroatoms. The number of aromatic nitrogens is 2. The fraction of sp³-hybridized carbons (Fsp3) is 0.476. The minimum absolute atomic E-state index is 0.00167. The zero-order chi connectivity index (χ0) is 42.7. The average Bonchev–Trinajstić information content (AvgIpc) is 3.54. The molecule has 6 aliphatic rings. The van der Waals surface area contributed by atoms with Gasteiger partial charge < -0.3 is 19.9 Å². The molecule has 2 aromatic carbocycles. The monoisotopic (exact) mass is 843 g/mol. The van der Waals surface area contributed by atoms with E-state index >= 15 is 4.39 Å². The number of carbonyl (C=O) groups is 5. The highest BCUT2D eigenvalue weighted by Crippen LogP contribution is 2.53. The second-order valence-corrected chi connectivity index (χ2v) is 16.6. The number of imide groups is 2. The number of anilines is 2. The summed E-state index contributed by atoms with van der Waals surface area (Å²) in [6, 6.07) is 9.55. The molecule has 5 heterocycles. The normalized spacial score (nSPS) is 26.4. The summed E-state index contributed by atoms with van der Waals surface area (Å²) < 4.78 is 61.3. The van der Waals surface area contributed by atoms with Crippen LogP contribution in [0.3, 0.4) is 0 Å². The molecule has 2 aliphatic carbocycles. The number of rotatable bonds is 9. The van der Waals surface area contributed by atoms with Gasteiger partial charge in [0.2, 0.25) is 11.8 Å². The Morgan fingerprint density at radius 2 is 1.59 bits per heavy atom. The number of nitrogens with zero attached hydrogens (tertiary/aromatic N) is 7. The van der Waals surface area contributed by atoms with Crippen molar-refractivity contribution >= 4 is 41.0 Å².